The smallest absolute Gasteiger partial charge is 0.133 e. The molecular weight excluding hydrogens is 326 g/mol. The highest BCUT2D eigenvalue weighted by atomic mass is 79.9. The van der Waals surface area contributed by atoms with Gasteiger partial charge < -0.3 is 10.2 Å². The van der Waals surface area contributed by atoms with Crippen molar-refractivity contribution < 1.29 is 0 Å². The van der Waals surface area contributed by atoms with Gasteiger partial charge in [-0.2, -0.15) is 0 Å². The summed E-state index contributed by atoms with van der Waals surface area (Å²) in [6, 6.07) is 10.7. The molecule has 2 heterocycles. The van der Waals surface area contributed by atoms with Crippen LogP contribution >= 0.6 is 15.9 Å². The topological polar surface area (TPSA) is 28.2 Å². The van der Waals surface area contributed by atoms with Crippen LogP contribution in [-0.2, 0) is 0 Å². The summed E-state index contributed by atoms with van der Waals surface area (Å²) < 4.78 is 1.01. The van der Waals surface area contributed by atoms with Gasteiger partial charge in [0, 0.05) is 35.1 Å². The largest absolute Gasteiger partial charge is 0.372 e. The Balaban J connectivity index is 1.71. The SMILES string of the molecule is Cc1cc(Br)cnc1Nc1ccc(N2CCCCC2)cc1. The predicted octanol–water partition coefficient (Wildman–Crippen LogP) is 4.89. The zero-order valence-corrected chi connectivity index (χ0v) is 13.9. The van der Waals surface area contributed by atoms with E-state index in [-0.39, 0.29) is 0 Å². The van der Waals surface area contributed by atoms with Crippen LogP contribution < -0.4 is 10.2 Å². The number of nitrogens with zero attached hydrogens (tertiary/aromatic N) is 2. The maximum absolute atomic E-state index is 4.42. The zero-order chi connectivity index (χ0) is 14.7. The summed E-state index contributed by atoms with van der Waals surface area (Å²) in [7, 11) is 0. The van der Waals surface area contributed by atoms with Crippen LogP contribution in [0, 0.1) is 6.92 Å². The van der Waals surface area contributed by atoms with E-state index >= 15 is 0 Å². The Bertz CT molecular complexity index is 604. The lowest BCUT2D eigenvalue weighted by molar-refractivity contribution is 0.578. The molecule has 1 saturated heterocycles. The van der Waals surface area contributed by atoms with E-state index in [1.165, 1.54) is 38.0 Å². The van der Waals surface area contributed by atoms with E-state index in [0.717, 1.165) is 21.5 Å². The predicted molar refractivity (Wildman–Crippen MR) is 92.5 cm³/mol. The maximum Gasteiger partial charge on any atom is 0.133 e. The molecule has 1 fully saturated rings. The third-order valence-corrected chi connectivity index (χ3v) is 4.33. The number of anilines is 3. The number of halogens is 1. The van der Waals surface area contributed by atoms with Crippen LogP contribution in [0.2, 0.25) is 0 Å². The van der Waals surface area contributed by atoms with Gasteiger partial charge >= 0.3 is 0 Å². The molecule has 1 aliphatic heterocycles. The number of nitrogens with one attached hydrogen (secondary N) is 1. The Morgan fingerprint density at radius 2 is 1.81 bits per heavy atom. The highest BCUT2D eigenvalue weighted by molar-refractivity contribution is 9.10. The highest BCUT2D eigenvalue weighted by Gasteiger charge is 2.10. The minimum absolute atomic E-state index is 0.906. The number of pyridine rings is 1. The Labute approximate surface area is 134 Å². The fourth-order valence-corrected chi connectivity index (χ4v) is 3.16. The lowest BCUT2D eigenvalue weighted by atomic mass is 10.1. The van der Waals surface area contributed by atoms with E-state index in [4.69, 9.17) is 0 Å². The van der Waals surface area contributed by atoms with Gasteiger partial charge in [0.25, 0.3) is 0 Å². The van der Waals surface area contributed by atoms with E-state index in [1.807, 2.05) is 6.20 Å². The van der Waals surface area contributed by atoms with E-state index in [0.29, 0.717) is 0 Å². The number of aryl methyl sites for hydroxylation is 1. The van der Waals surface area contributed by atoms with Crippen LogP contribution in [0.5, 0.6) is 0 Å². The molecule has 0 bridgehead atoms. The second-order valence-corrected chi connectivity index (χ2v) is 6.45. The molecule has 4 heteroatoms. The minimum Gasteiger partial charge on any atom is -0.372 e. The lowest BCUT2D eigenvalue weighted by Gasteiger charge is -2.28. The molecule has 1 aromatic heterocycles. The molecule has 0 radical (unpaired) electrons. The molecule has 110 valence electrons. The first-order valence-electron chi connectivity index (χ1n) is 7.46. The monoisotopic (exact) mass is 345 g/mol. The average Bonchev–Trinajstić information content (AvgIpc) is 2.52. The van der Waals surface area contributed by atoms with Crippen LogP contribution in [0.1, 0.15) is 24.8 Å². The van der Waals surface area contributed by atoms with Gasteiger partial charge in [0.05, 0.1) is 0 Å². The summed E-state index contributed by atoms with van der Waals surface area (Å²) in [6.45, 7) is 4.42. The lowest BCUT2D eigenvalue weighted by Crippen LogP contribution is -2.29. The van der Waals surface area contributed by atoms with Crippen LogP contribution in [0.4, 0.5) is 17.2 Å². The standard InChI is InChI=1S/C17H20BrN3/c1-13-11-14(18)12-19-17(13)20-15-5-7-16(8-6-15)21-9-3-2-4-10-21/h5-8,11-12H,2-4,9-10H2,1H3,(H,19,20). The van der Waals surface area contributed by atoms with Gasteiger partial charge in [-0.15, -0.1) is 0 Å². The number of rotatable bonds is 3. The van der Waals surface area contributed by atoms with Crippen molar-refractivity contribution in [1.29, 1.82) is 0 Å². The molecule has 0 unspecified atom stereocenters. The minimum atomic E-state index is 0.906. The summed E-state index contributed by atoms with van der Waals surface area (Å²) in [4.78, 5) is 6.89. The van der Waals surface area contributed by atoms with Crippen molar-refractivity contribution in [2.24, 2.45) is 0 Å². The summed E-state index contributed by atoms with van der Waals surface area (Å²) in [5.41, 5.74) is 3.53. The molecule has 21 heavy (non-hydrogen) atoms. The van der Waals surface area contributed by atoms with Crippen LogP contribution in [0.3, 0.4) is 0 Å². The van der Waals surface area contributed by atoms with Gasteiger partial charge in [0.15, 0.2) is 0 Å². The van der Waals surface area contributed by atoms with Crippen molar-refractivity contribution in [3.05, 3.63) is 46.6 Å². The number of hydrogen-bond donors (Lipinski definition) is 1. The van der Waals surface area contributed by atoms with Crippen LogP contribution in [-0.4, -0.2) is 18.1 Å². The van der Waals surface area contributed by atoms with Crippen molar-refractivity contribution in [2.75, 3.05) is 23.3 Å². The van der Waals surface area contributed by atoms with Gasteiger partial charge in [-0.05, 0) is 78.0 Å². The first-order valence-corrected chi connectivity index (χ1v) is 8.26. The molecule has 0 amide bonds. The van der Waals surface area contributed by atoms with Crippen molar-refractivity contribution in [3.8, 4) is 0 Å². The first-order chi connectivity index (χ1) is 10.2. The number of aromatic nitrogens is 1. The Hall–Kier alpha value is -1.55. The average molecular weight is 346 g/mol. The van der Waals surface area contributed by atoms with Gasteiger partial charge in [0.2, 0.25) is 0 Å². The second-order valence-electron chi connectivity index (χ2n) is 5.54. The molecule has 1 aliphatic rings. The molecule has 0 saturated carbocycles. The third-order valence-electron chi connectivity index (χ3n) is 3.90. The van der Waals surface area contributed by atoms with E-state index in [2.05, 4.69) is 68.4 Å². The second kappa shape index (κ2) is 6.48. The first kappa shape index (κ1) is 14.4. The van der Waals surface area contributed by atoms with E-state index in [1.54, 1.807) is 0 Å². The van der Waals surface area contributed by atoms with E-state index in [9.17, 15) is 0 Å². The molecule has 0 spiro atoms. The van der Waals surface area contributed by atoms with Crippen molar-refractivity contribution >= 4 is 33.1 Å². The molecule has 1 aromatic carbocycles. The highest BCUT2D eigenvalue weighted by Crippen LogP contribution is 2.25. The van der Waals surface area contributed by atoms with Crippen molar-refractivity contribution in [2.45, 2.75) is 26.2 Å². The molecule has 3 rings (SSSR count). The molecule has 2 aromatic rings. The summed E-state index contributed by atoms with van der Waals surface area (Å²) in [6.07, 6.45) is 5.80. The fourth-order valence-electron chi connectivity index (χ4n) is 2.72. The zero-order valence-electron chi connectivity index (χ0n) is 12.3. The van der Waals surface area contributed by atoms with Crippen molar-refractivity contribution in [1.82, 2.24) is 4.98 Å². The van der Waals surface area contributed by atoms with Gasteiger partial charge in [-0.25, -0.2) is 4.98 Å². The van der Waals surface area contributed by atoms with Crippen molar-refractivity contribution in [3.63, 3.8) is 0 Å². The molecule has 3 nitrogen and oxygen atoms in total. The summed E-state index contributed by atoms with van der Waals surface area (Å²) in [5, 5.41) is 3.38. The summed E-state index contributed by atoms with van der Waals surface area (Å²) >= 11 is 3.44. The Kier molecular flexibility index (Phi) is 4.44. The number of benzene rings is 1. The quantitative estimate of drug-likeness (QED) is 0.858. The molecular formula is C17H20BrN3. The van der Waals surface area contributed by atoms with Gasteiger partial charge in [0.1, 0.15) is 5.82 Å². The fraction of sp³-hybridized carbons (Fsp3) is 0.353. The van der Waals surface area contributed by atoms with Gasteiger partial charge in [-0.3, -0.25) is 0 Å². The summed E-state index contributed by atoms with van der Waals surface area (Å²) in [5.74, 6) is 0.906. The Morgan fingerprint density at radius 1 is 1.10 bits per heavy atom. The molecule has 1 N–H and O–H groups in total. The third kappa shape index (κ3) is 3.56. The number of piperidine rings is 1. The van der Waals surface area contributed by atoms with E-state index < -0.39 is 0 Å². The van der Waals surface area contributed by atoms with Crippen LogP contribution in [0.25, 0.3) is 0 Å². The normalized spacial score (nSPS) is 15.0. The molecule has 0 atom stereocenters. The maximum atomic E-state index is 4.42. The van der Waals surface area contributed by atoms with Gasteiger partial charge in [-0.1, -0.05) is 0 Å². The molecule has 0 aliphatic carbocycles. The number of hydrogen-bond acceptors (Lipinski definition) is 3. The van der Waals surface area contributed by atoms with Crippen LogP contribution in [0.15, 0.2) is 41.0 Å². The Morgan fingerprint density at radius 3 is 2.48 bits per heavy atom.